The number of piperidine rings is 1. The topological polar surface area (TPSA) is 91.4 Å². The smallest absolute Gasteiger partial charge is 0.250 e. The fourth-order valence-corrected chi connectivity index (χ4v) is 6.51. The number of nitrogens with one attached hydrogen (secondary N) is 1. The SMILES string of the molecule is O=C(CN1CN(c2ccccc2)C2(CCN(C(=O)C3CCCCC3)CC2)C1=O)NCc1ccc2c(c1)OCO2. The predicted octanol–water partition coefficient (Wildman–Crippen LogP) is 3.28. The van der Waals surface area contributed by atoms with Gasteiger partial charge in [0.05, 0.1) is 6.67 Å². The molecule has 2 aromatic rings. The standard InChI is InChI=1S/C30H36N4O5/c35-27(31-18-22-11-12-25-26(17-22)39-21-38-25)19-33-20-34(24-9-5-2-6-10-24)30(29(33)37)13-15-32(16-14-30)28(36)23-7-3-1-4-8-23/h2,5-6,9-12,17,23H,1,3-4,7-8,13-16,18-21H2,(H,31,35). The Hall–Kier alpha value is -3.75. The lowest BCUT2D eigenvalue weighted by atomic mass is 9.83. The van der Waals surface area contributed by atoms with Crippen LogP contribution < -0.4 is 19.7 Å². The van der Waals surface area contributed by atoms with Gasteiger partial charge in [-0.1, -0.05) is 43.5 Å². The van der Waals surface area contributed by atoms with Gasteiger partial charge in [-0.15, -0.1) is 0 Å². The van der Waals surface area contributed by atoms with Crippen molar-refractivity contribution in [1.82, 2.24) is 15.1 Å². The third-order valence-electron chi connectivity index (χ3n) is 8.70. The molecule has 0 atom stereocenters. The van der Waals surface area contributed by atoms with Crippen LogP contribution in [0.15, 0.2) is 48.5 Å². The first-order chi connectivity index (χ1) is 19.0. The Kier molecular flexibility index (Phi) is 7.06. The fraction of sp³-hybridized carbons (Fsp3) is 0.500. The van der Waals surface area contributed by atoms with Crippen LogP contribution in [-0.2, 0) is 20.9 Å². The van der Waals surface area contributed by atoms with Crippen LogP contribution in [0.3, 0.4) is 0 Å². The highest BCUT2D eigenvalue weighted by atomic mass is 16.7. The van der Waals surface area contributed by atoms with Gasteiger partial charge in [-0.25, -0.2) is 0 Å². The van der Waals surface area contributed by atoms with Gasteiger partial charge in [0.25, 0.3) is 5.91 Å². The second-order valence-electron chi connectivity index (χ2n) is 11.1. The lowest BCUT2D eigenvalue weighted by molar-refractivity contribution is -0.142. The molecule has 1 saturated carbocycles. The highest BCUT2D eigenvalue weighted by Gasteiger charge is 2.54. The van der Waals surface area contributed by atoms with Gasteiger partial charge in [0.2, 0.25) is 18.6 Å². The summed E-state index contributed by atoms with van der Waals surface area (Å²) in [6.45, 7) is 2.00. The molecule has 3 heterocycles. The first kappa shape index (κ1) is 25.5. The monoisotopic (exact) mass is 532 g/mol. The lowest BCUT2D eigenvalue weighted by Gasteiger charge is -2.44. The Morgan fingerprint density at radius 3 is 2.46 bits per heavy atom. The summed E-state index contributed by atoms with van der Waals surface area (Å²) in [5.41, 5.74) is 1.11. The van der Waals surface area contributed by atoms with E-state index >= 15 is 0 Å². The Labute approximate surface area is 229 Å². The van der Waals surface area contributed by atoms with E-state index in [1.165, 1.54) is 6.42 Å². The van der Waals surface area contributed by atoms with Gasteiger partial charge < -0.3 is 29.5 Å². The van der Waals surface area contributed by atoms with Gasteiger partial charge in [0.1, 0.15) is 12.1 Å². The first-order valence-electron chi connectivity index (χ1n) is 14.1. The van der Waals surface area contributed by atoms with Crippen molar-refractivity contribution in [3.8, 4) is 11.5 Å². The summed E-state index contributed by atoms with van der Waals surface area (Å²) in [5.74, 6) is 1.50. The molecule has 3 aliphatic heterocycles. The van der Waals surface area contributed by atoms with Crippen LogP contribution in [0.5, 0.6) is 11.5 Å². The number of carbonyl (C=O) groups is 3. The van der Waals surface area contributed by atoms with Crippen molar-refractivity contribution in [3.05, 3.63) is 54.1 Å². The molecule has 9 heteroatoms. The van der Waals surface area contributed by atoms with Gasteiger partial charge >= 0.3 is 0 Å². The summed E-state index contributed by atoms with van der Waals surface area (Å²) in [6.07, 6.45) is 6.55. The molecular weight excluding hydrogens is 496 g/mol. The van der Waals surface area contributed by atoms with Crippen molar-refractivity contribution in [3.63, 3.8) is 0 Å². The molecule has 3 amide bonds. The van der Waals surface area contributed by atoms with Crippen molar-refractivity contribution < 1.29 is 23.9 Å². The molecule has 6 rings (SSSR count). The van der Waals surface area contributed by atoms with Gasteiger partial charge in [-0.2, -0.15) is 0 Å². The molecule has 0 radical (unpaired) electrons. The van der Waals surface area contributed by atoms with E-state index in [2.05, 4.69) is 10.2 Å². The summed E-state index contributed by atoms with van der Waals surface area (Å²) in [5, 5.41) is 2.94. The Morgan fingerprint density at radius 1 is 0.949 bits per heavy atom. The largest absolute Gasteiger partial charge is 0.454 e. The van der Waals surface area contributed by atoms with Crippen LogP contribution in [0, 0.1) is 5.92 Å². The number of anilines is 1. The zero-order chi connectivity index (χ0) is 26.8. The maximum absolute atomic E-state index is 14.0. The summed E-state index contributed by atoms with van der Waals surface area (Å²) >= 11 is 0. The molecule has 2 saturated heterocycles. The number of amides is 3. The lowest BCUT2D eigenvalue weighted by Crippen LogP contribution is -2.58. The van der Waals surface area contributed by atoms with Crippen LogP contribution in [0.4, 0.5) is 5.69 Å². The van der Waals surface area contributed by atoms with Crippen LogP contribution in [0.2, 0.25) is 0 Å². The van der Waals surface area contributed by atoms with E-state index in [1.54, 1.807) is 4.90 Å². The molecule has 39 heavy (non-hydrogen) atoms. The van der Waals surface area contributed by atoms with Crippen LogP contribution in [-0.4, -0.2) is 66.2 Å². The Morgan fingerprint density at radius 2 is 1.69 bits per heavy atom. The number of rotatable bonds is 6. The van der Waals surface area contributed by atoms with Crippen molar-refractivity contribution in [2.75, 3.05) is 38.0 Å². The Bertz CT molecular complexity index is 1220. The molecular formula is C30H36N4O5. The van der Waals surface area contributed by atoms with Crippen molar-refractivity contribution in [2.24, 2.45) is 5.92 Å². The highest BCUT2D eigenvalue weighted by molar-refractivity contribution is 5.96. The average Bonchev–Trinajstić information content (AvgIpc) is 3.55. The number of nitrogens with zero attached hydrogens (tertiary/aromatic N) is 3. The molecule has 1 N–H and O–H groups in total. The Balaban J connectivity index is 1.13. The number of ether oxygens (including phenoxy) is 2. The fourth-order valence-electron chi connectivity index (χ4n) is 6.51. The van der Waals surface area contributed by atoms with E-state index in [0.29, 0.717) is 50.6 Å². The normalized spacial score (nSPS) is 20.5. The quantitative estimate of drug-likeness (QED) is 0.614. The zero-order valence-electron chi connectivity index (χ0n) is 22.3. The summed E-state index contributed by atoms with van der Waals surface area (Å²) < 4.78 is 10.8. The number of carbonyl (C=O) groups excluding carboxylic acids is 3. The molecule has 0 aromatic heterocycles. The van der Waals surface area contributed by atoms with Crippen molar-refractivity contribution >= 4 is 23.4 Å². The van der Waals surface area contributed by atoms with E-state index in [9.17, 15) is 14.4 Å². The van der Waals surface area contributed by atoms with Gasteiger partial charge in [-0.05, 0) is 55.5 Å². The van der Waals surface area contributed by atoms with Crippen LogP contribution in [0.1, 0.15) is 50.5 Å². The number of para-hydroxylation sites is 1. The summed E-state index contributed by atoms with van der Waals surface area (Å²) in [6, 6.07) is 15.5. The van der Waals surface area contributed by atoms with Gasteiger partial charge in [-0.3, -0.25) is 14.4 Å². The molecule has 0 bridgehead atoms. The van der Waals surface area contributed by atoms with Gasteiger partial charge in [0, 0.05) is 31.2 Å². The molecule has 1 aliphatic carbocycles. The molecule has 1 spiro atoms. The molecule has 4 aliphatic rings. The minimum atomic E-state index is -0.748. The van der Waals surface area contributed by atoms with E-state index in [4.69, 9.17) is 9.47 Å². The number of benzene rings is 2. The second kappa shape index (κ2) is 10.8. The molecule has 9 nitrogen and oxygen atoms in total. The number of hydrogen-bond donors (Lipinski definition) is 1. The van der Waals surface area contributed by atoms with Crippen LogP contribution in [0.25, 0.3) is 0 Å². The molecule has 3 fully saturated rings. The first-order valence-corrected chi connectivity index (χ1v) is 14.1. The minimum absolute atomic E-state index is 0.0147. The number of hydrogen-bond acceptors (Lipinski definition) is 6. The van der Waals surface area contributed by atoms with Gasteiger partial charge in [0.15, 0.2) is 11.5 Å². The number of likely N-dealkylation sites (tertiary alicyclic amines) is 1. The molecule has 2 aromatic carbocycles. The molecule has 206 valence electrons. The predicted molar refractivity (Wildman–Crippen MR) is 145 cm³/mol. The van der Waals surface area contributed by atoms with E-state index in [0.717, 1.165) is 36.9 Å². The van der Waals surface area contributed by atoms with Crippen molar-refractivity contribution in [1.29, 1.82) is 0 Å². The average molecular weight is 533 g/mol. The van der Waals surface area contributed by atoms with E-state index < -0.39 is 5.54 Å². The number of fused-ring (bicyclic) bond motifs is 1. The summed E-state index contributed by atoms with van der Waals surface area (Å²) in [4.78, 5) is 45.9. The zero-order valence-corrected chi connectivity index (χ0v) is 22.3. The molecule has 0 unspecified atom stereocenters. The maximum atomic E-state index is 14.0. The van der Waals surface area contributed by atoms with Crippen LogP contribution >= 0.6 is 0 Å². The third-order valence-corrected chi connectivity index (χ3v) is 8.70. The second-order valence-corrected chi connectivity index (χ2v) is 11.1. The maximum Gasteiger partial charge on any atom is 0.250 e. The van der Waals surface area contributed by atoms with E-state index in [1.807, 2.05) is 53.4 Å². The van der Waals surface area contributed by atoms with Crippen molar-refractivity contribution in [2.45, 2.75) is 57.0 Å². The minimum Gasteiger partial charge on any atom is -0.454 e. The van der Waals surface area contributed by atoms with E-state index in [-0.39, 0.29) is 37.0 Å². The highest BCUT2D eigenvalue weighted by Crippen LogP contribution is 2.40. The summed E-state index contributed by atoms with van der Waals surface area (Å²) in [7, 11) is 0. The third kappa shape index (κ3) is 5.02.